The average molecular weight is 333 g/mol. The molecule has 1 fully saturated rings. The van der Waals surface area contributed by atoms with Gasteiger partial charge in [0.1, 0.15) is 12.1 Å². The van der Waals surface area contributed by atoms with Crippen molar-refractivity contribution in [3.05, 3.63) is 35.4 Å². The molecule has 130 valence electrons. The van der Waals surface area contributed by atoms with Gasteiger partial charge in [0.25, 0.3) is 11.8 Å². The fourth-order valence-corrected chi connectivity index (χ4v) is 2.86. The molecular weight excluding hydrogens is 310 g/mol. The van der Waals surface area contributed by atoms with Gasteiger partial charge in [-0.3, -0.25) is 14.8 Å². The van der Waals surface area contributed by atoms with E-state index in [0.717, 1.165) is 16.0 Å². The van der Waals surface area contributed by atoms with Gasteiger partial charge < -0.3 is 5.32 Å². The second-order valence-electron chi connectivity index (χ2n) is 6.40. The number of hydrogen-bond donors (Lipinski definition) is 3. The number of amides is 4. The number of benzene rings is 1. The van der Waals surface area contributed by atoms with Crippen LogP contribution in [-0.4, -0.2) is 40.0 Å². The van der Waals surface area contributed by atoms with Crippen molar-refractivity contribution in [3.63, 3.8) is 0 Å². The highest BCUT2D eigenvalue weighted by molar-refractivity contribution is 6.07. The van der Waals surface area contributed by atoms with Gasteiger partial charge in [-0.1, -0.05) is 43.7 Å². The summed E-state index contributed by atoms with van der Waals surface area (Å²) in [6.07, 6.45) is 1.10. The normalized spacial score (nSPS) is 18.7. The van der Waals surface area contributed by atoms with E-state index < -0.39 is 29.9 Å². The monoisotopic (exact) mass is 333 g/mol. The zero-order chi connectivity index (χ0) is 17.9. The minimum absolute atomic E-state index is 0.317. The first-order valence-electron chi connectivity index (χ1n) is 7.98. The summed E-state index contributed by atoms with van der Waals surface area (Å²) in [5.74, 6) is -1.52. The van der Waals surface area contributed by atoms with E-state index >= 15 is 0 Å². The third-order valence-corrected chi connectivity index (χ3v) is 4.18. The van der Waals surface area contributed by atoms with Gasteiger partial charge in [-0.15, -0.1) is 0 Å². The van der Waals surface area contributed by atoms with E-state index in [-0.39, 0.29) is 5.92 Å². The topological polar surface area (TPSA) is 98.7 Å². The molecule has 0 bridgehead atoms. The molecule has 0 saturated carbocycles. The number of nitrogens with zero attached hydrogens (tertiary/aromatic N) is 1. The fourth-order valence-electron chi connectivity index (χ4n) is 2.86. The van der Waals surface area contributed by atoms with Crippen LogP contribution in [0.25, 0.3) is 0 Å². The van der Waals surface area contributed by atoms with Crippen molar-refractivity contribution >= 4 is 17.8 Å². The Labute approximate surface area is 141 Å². The Morgan fingerprint density at radius 2 is 1.92 bits per heavy atom. The van der Waals surface area contributed by atoms with E-state index in [1.807, 2.05) is 31.2 Å². The SMILES string of the molecule is Cc1ccc(CC[C@@H]2NC(=O)N([C@@H](C(=O)NO)C(C)C)C2=O)cc1. The Bertz CT molecular complexity index is 627. The van der Waals surface area contributed by atoms with Crippen LogP contribution in [0.4, 0.5) is 4.79 Å². The number of hydroxylamine groups is 1. The highest BCUT2D eigenvalue weighted by atomic mass is 16.5. The van der Waals surface area contributed by atoms with Gasteiger partial charge >= 0.3 is 6.03 Å². The molecule has 7 heteroatoms. The molecule has 1 heterocycles. The van der Waals surface area contributed by atoms with Crippen LogP contribution in [0, 0.1) is 12.8 Å². The molecular formula is C17H23N3O4. The van der Waals surface area contributed by atoms with E-state index in [9.17, 15) is 14.4 Å². The van der Waals surface area contributed by atoms with Crippen LogP contribution >= 0.6 is 0 Å². The molecule has 7 nitrogen and oxygen atoms in total. The van der Waals surface area contributed by atoms with E-state index in [4.69, 9.17) is 5.21 Å². The van der Waals surface area contributed by atoms with Crippen molar-refractivity contribution in [2.24, 2.45) is 5.92 Å². The predicted octanol–water partition coefficient (Wildman–Crippen LogP) is 1.38. The lowest BCUT2D eigenvalue weighted by molar-refractivity contribution is -0.142. The first-order valence-corrected chi connectivity index (χ1v) is 7.98. The van der Waals surface area contributed by atoms with Crippen molar-refractivity contribution in [3.8, 4) is 0 Å². The molecule has 0 spiro atoms. The smallest absolute Gasteiger partial charge is 0.325 e. The number of aryl methyl sites for hydroxylation is 2. The van der Waals surface area contributed by atoms with Gasteiger partial charge in [0.2, 0.25) is 0 Å². The molecule has 3 N–H and O–H groups in total. The maximum absolute atomic E-state index is 12.5. The first kappa shape index (κ1) is 17.9. The Morgan fingerprint density at radius 3 is 2.46 bits per heavy atom. The Morgan fingerprint density at radius 1 is 1.29 bits per heavy atom. The summed E-state index contributed by atoms with van der Waals surface area (Å²) < 4.78 is 0. The molecule has 0 aliphatic carbocycles. The van der Waals surface area contributed by atoms with E-state index in [1.54, 1.807) is 13.8 Å². The van der Waals surface area contributed by atoms with Crippen molar-refractivity contribution in [1.82, 2.24) is 15.7 Å². The largest absolute Gasteiger partial charge is 0.326 e. The molecule has 1 saturated heterocycles. The highest BCUT2D eigenvalue weighted by Crippen LogP contribution is 2.20. The molecule has 24 heavy (non-hydrogen) atoms. The molecule has 2 rings (SSSR count). The van der Waals surface area contributed by atoms with Crippen LogP contribution in [0.5, 0.6) is 0 Å². The first-order chi connectivity index (χ1) is 11.3. The van der Waals surface area contributed by atoms with Crippen LogP contribution in [-0.2, 0) is 16.0 Å². The van der Waals surface area contributed by atoms with E-state index in [2.05, 4.69) is 5.32 Å². The van der Waals surface area contributed by atoms with Gasteiger partial charge in [-0.05, 0) is 31.2 Å². The molecule has 1 aromatic rings. The predicted molar refractivity (Wildman–Crippen MR) is 87.2 cm³/mol. The lowest BCUT2D eigenvalue weighted by Crippen LogP contribution is -2.52. The number of nitrogens with one attached hydrogen (secondary N) is 2. The van der Waals surface area contributed by atoms with Gasteiger partial charge in [0.15, 0.2) is 0 Å². The summed E-state index contributed by atoms with van der Waals surface area (Å²) in [6, 6.07) is 5.68. The van der Waals surface area contributed by atoms with Crippen LogP contribution in [0.15, 0.2) is 24.3 Å². The number of urea groups is 1. The van der Waals surface area contributed by atoms with Gasteiger partial charge in [0.05, 0.1) is 0 Å². The maximum atomic E-state index is 12.5. The van der Waals surface area contributed by atoms with Crippen molar-refractivity contribution in [1.29, 1.82) is 0 Å². The Kier molecular flexibility index (Phi) is 5.56. The summed E-state index contributed by atoms with van der Waals surface area (Å²) in [6.45, 7) is 5.42. The molecule has 2 atom stereocenters. The summed E-state index contributed by atoms with van der Waals surface area (Å²) in [5, 5.41) is 11.5. The fraction of sp³-hybridized carbons (Fsp3) is 0.471. The molecule has 1 aliphatic heterocycles. The zero-order valence-electron chi connectivity index (χ0n) is 14.1. The minimum atomic E-state index is -1.04. The quantitative estimate of drug-likeness (QED) is 0.416. The standard InChI is InChI=1S/C17H23N3O4/c1-10(2)14(15(21)19-24)20-16(22)13(18-17(20)23)9-8-12-6-4-11(3)5-7-12/h4-7,10,13-14,24H,8-9H2,1-3H3,(H,18,23)(H,19,21)/t13-,14+/m0/s1. The van der Waals surface area contributed by atoms with Crippen LogP contribution in [0.2, 0.25) is 0 Å². The van der Waals surface area contributed by atoms with Crippen LogP contribution in [0.3, 0.4) is 0 Å². The second-order valence-corrected chi connectivity index (χ2v) is 6.40. The van der Waals surface area contributed by atoms with E-state index in [0.29, 0.717) is 12.8 Å². The molecule has 0 unspecified atom stereocenters. The zero-order valence-corrected chi connectivity index (χ0v) is 14.1. The summed E-state index contributed by atoms with van der Waals surface area (Å²) >= 11 is 0. The third kappa shape index (κ3) is 3.73. The summed E-state index contributed by atoms with van der Waals surface area (Å²) in [4.78, 5) is 37.4. The number of carbonyl (C=O) groups is 3. The lowest BCUT2D eigenvalue weighted by Gasteiger charge is -2.26. The third-order valence-electron chi connectivity index (χ3n) is 4.18. The van der Waals surface area contributed by atoms with Crippen molar-refractivity contribution in [2.45, 2.75) is 45.7 Å². The summed E-state index contributed by atoms with van der Waals surface area (Å²) in [7, 11) is 0. The maximum Gasteiger partial charge on any atom is 0.325 e. The van der Waals surface area contributed by atoms with Gasteiger partial charge in [0, 0.05) is 0 Å². The van der Waals surface area contributed by atoms with Crippen LogP contribution in [0.1, 0.15) is 31.4 Å². The molecule has 4 amide bonds. The average Bonchev–Trinajstić information content (AvgIpc) is 2.82. The number of carbonyl (C=O) groups excluding carboxylic acids is 3. The number of rotatable bonds is 6. The number of imide groups is 1. The second kappa shape index (κ2) is 7.44. The Hall–Kier alpha value is -2.41. The molecule has 1 aliphatic rings. The van der Waals surface area contributed by atoms with Crippen molar-refractivity contribution < 1.29 is 19.6 Å². The number of hydrogen-bond acceptors (Lipinski definition) is 4. The minimum Gasteiger partial charge on any atom is -0.326 e. The van der Waals surface area contributed by atoms with Crippen molar-refractivity contribution in [2.75, 3.05) is 0 Å². The van der Waals surface area contributed by atoms with Crippen LogP contribution < -0.4 is 10.8 Å². The van der Waals surface area contributed by atoms with Gasteiger partial charge in [-0.2, -0.15) is 0 Å². The molecule has 0 aromatic heterocycles. The highest BCUT2D eigenvalue weighted by Gasteiger charge is 2.45. The summed E-state index contributed by atoms with van der Waals surface area (Å²) in [5.41, 5.74) is 3.77. The van der Waals surface area contributed by atoms with Gasteiger partial charge in [-0.25, -0.2) is 15.2 Å². The Balaban J connectivity index is 2.07. The van der Waals surface area contributed by atoms with E-state index in [1.165, 1.54) is 5.48 Å². The lowest BCUT2D eigenvalue weighted by atomic mass is 10.0. The molecule has 1 aromatic carbocycles. The molecule has 0 radical (unpaired) electrons.